The van der Waals surface area contributed by atoms with Crippen LogP contribution in [0.1, 0.15) is 36.2 Å². The van der Waals surface area contributed by atoms with Crippen molar-refractivity contribution in [3.05, 3.63) is 23.0 Å². The lowest BCUT2D eigenvalue weighted by atomic mass is 9.99. The van der Waals surface area contributed by atoms with Gasteiger partial charge in [-0.15, -0.1) is 0 Å². The Morgan fingerprint density at radius 2 is 2.05 bits per heavy atom. The summed E-state index contributed by atoms with van der Waals surface area (Å²) in [5.74, 6) is 0.807. The molecule has 0 saturated carbocycles. The van der Waals surface area contributed by atoms with E-state index in [9.17, 15) is 5.26 Å². The molecule has 2 aliphatic rings. The van der Waals surface area contributed by atoms with E-state index in [1.54, 1.807) is 0 Å². The Bertz CT molecular complexity index is 554. The fourth-order valence-electron chi connectivity index (χ4n) is 4.03. The number of nitriles is 1. The summed E-state index contributed by atoms with van der Waals surface area (Å²) >= 11 is 0. The van der Waals surface area contributed by atoms with Crippen LogP contribution in [0.2, 0.25) is 0 Å². The molecule has 0 unspecified atom stereocenters. The van der Waals surface area contributed by atoms with Crippen molar-refractivity contribution in [3.8, 4) is 6.07 Å². The van der Waals surface area contributed by atoms with Crippen LogP contribution >= 0.6 is 0 Å². The van der Waals surface area contributed by atoms with Gasteiger partial charge in [0.1, 0.15) is 11.8 Å². The molecule has 1 aromatic heterocycles. The molecule has 0 radical (unpaired) electrons. The molecular formula is C17H26N4. The number of hydrogen-bond acceptors (Lipinski definition) is 3. The van der Waals surface area contributed by atoms with Gasteiger partial charge in [0.05, 0.1) is 0 Å². The number of rotatable bonds is 2. The van der Waals surface area contributed by atoms with Gasteiger partial charge in [-0.05, 0) is 44.4 Å². The SMILES string of the molecule is Cc1c(CN2C[C@H]3CCC[C@@H](C2)N(C)C3)cc(C#N)n1C. The Balaban J connectivity index is 1.78. The van der Waals surface area contributed by atoms with E-state index < -0.39 is 0 Å². The predicted octanol–water partition coefficient (Wildman–Crippen LogP) is 2.12. The van der Waals surface area contributed by atoms with Gasteiger partial charge in [0.25, 0.3) is 0 Å². The third-order valence-electron chi connectivity index (χ3n) is 5.45. The minimum absolute atomic E-state index is 0.706. The van der Waals surface area contributed by atoms with Crippen molar-refractivity contribution in [1.29, 1.82) is 5.26 Å². The fourth-order valence-corrected chi connectivity index (χ4v) is 4.03. The zero-order valence-electron chi connectivity index (χ0n) is 13.5. The first-order chi connectivity index (χ1) is 10.1. The van der Waals surface area contributed by atoms with Crippen molar-refractivity contribution in [2.75, 3.05) is 26.7 Å². The highest BCUT2D eigenvalue weighted by atomic mass is 15.2. The van der Waals surface area contributed by atoms with Gasteiger partial charge in [0, 0.05) is 45.0 Å². The van der Waals surface area contributed by atoms with Gasteiger partial charge >= 0.3 is 0 Å². The fraction of sp³-hybridized carbons (Fsp3) is 0.706. The van der Waals surface area contributed by atoms with Gasteiger partial charge in [0.15, 0.2) is 0 Å². The van der Waals surface area contributed by atoms with Crippen molar-refractivity contribution in [3.63, 3.8) is 0 Å². The van der Waals surface area contributed by atoms with Gasteiger partial charge in [-0.2, -0.15) is 5.26 Å². The van der Waals surface area contributed by atoms with E-state index in [-0.39, 0.29) is 0 Å². The molecule has 0 amide bonds. The Hall–Kier alpha value is -1.31. The molecule has 0 aliphatic carbocycles. The Labute approximate surface area is 127 Å². The average molecular weight is 286 g/mol. The maximum Gasteiger partial charge on any atom is 0.120 e. The highest BCUT2D eigenvalue weighted by molar-refractivity contribution is 5.34. The molecule has 0 N–H and O–H groups in total. The summed E-state index contributed by atoms with van der Waals surface area (Å²) in [6, 6.07) is 5.06. The number of fused-ring (bicyclic) bond motifs is 3. The molecule has 2 fully saturated rings. The lowest BCUT2D eigenvalue weighted by molar-refractivity contribution is 0.187. The van der Waals surface area contributed by atoms with Crippen molar-refractivity contribution >= 4 is 0 Å². The summed E-state index contributed by atoms with van der Waals surface area (Å²) in [6.45, 7) is 6.74. The Kier molecular flexibility index (Phi) is 4.05. The standard InChI is InChI=1S/C17H26N4/c1-13-15(7-17(8-18)20(13)3)11-21-10-14-5-4-6-16(12-21)19(2)9-14/h7,14,16H,4-6,9-12H2,1-3H3/t14-,16-/m0/s1. The number of hydrogen-bond donors (Lipinski definition) is 0. The van der Waals surface area contributed by atoms with Gasteiger partial charge in [0.2, 0.25) is 0 Å². The second kappa shape index (κ2) is 5.82. The molecule has 2 saturated heterocycles. The molecular weight excluding hydrogens is 260 g/mol. The molecule has 3 rings (SSSR count). The van der Waals surface area contributed by atoms with E-state index in [0.29, 0.717) is 6.04 Å². The van der Waals surface area contributed by atoms with Crippen molar-refractivity contribution in [1.82, 2.24) is 14.4 Å². The summed E-state index contributed by atoms with van der Waals surface area (Å²) in [6.07, 6.45) is 4.09. The lowest BCUT2D eigenvalue weighted by Crippen LogP contribution is -2.38. The molecule has 114 valence electrons. The first-order valence-corrected chi connectivity index (χ1v) is 8.06. The zero-order valence-corrected chi connectivity index (χ0v) is 13.5. The lowest BCUT2D eigenvalue weighted by Gasteiger charge is -2.29. The first-order valence-electron chi connectivity index (χ1n) is 8.06. The number of likely N-dealkylation sites (tertiary alicyclic amines) is 1. The van der Waals surface area contributed by atoms with E-state index >= 15 is 0 Å². The molecule has 0 aromatic carbocycles. The summed E-state index contributed by atoms with van der Waals surface area (Å²) in [4.78, 5) is 5.18. The summed E-state index contributed by atoms with van der Waals surface area (Å²) in [7, 11) is 4.27. The molecule has 2 bridgehead atoms. The zero-order chi connectivity index (χ0) is 15.0. The van der Waals surface area contributed by atoms with Crippen LogP contribution < -0.4 is 0 Å². The minimum Gasteiger partial charge on any atom is -0.340 e. The largest absolute Gasteiger partial charge is 0.340 e. The summed E-state index contributed by atoms with van der Waals surface area (Å²) in [5.41, 5.74) is 3.32. The van der Waals surface area contributed by atoms with Crippen LogP contribution in [0.25, 0.3) is 0 Å². The second-order valence-electron chi connectivity index (χ2n) is 6.90. The molecule has 3 heterocycles. The van der Waals surface area contributed by atoms with Crippen LogP contribution in [-0.4, -0.2) is 47.1 Å². The topological polar surface area (TPSA) is 35.2 Å². The molecule has 4 nitrogen and oxygen atoms in total. The van der Waals surface area contributed by atoms with Crippen LogP contribution in [0.5, 0.6) is 0 Å². The third kappa shape index (κ3) is 2.86. The Morgan fingerprint density at radius 1 is 1.24 bits per heavy atom. The molecule has 1 aromatic rings. The van der Waals surface area contributed by atoms with Gasteiger partial charge < -0.3 is 9.47 Å². The monoisotopic (exact) mass is 286 g/mol. The van der Waals surface area contributed by atoms with Gasteiger partial charge in [-0.1, -0.05) is 6.42 Å². The molecule has 2 atom stereocenters. The van der Waals surface area contributed by atoms with Crippen molar-refractivity contribution in [2.24, 2.45) is 13.0 Å². The highest BCUT2D eigenvalue weighted by Gasteiger charge is 2.30. The van der Waals surface area contributed by atoms with Crippen LogP contribution in [0.15, 0.2) is 6.07 Å². The molecule has 0 spiro atoms. The quantitative estimate of drug-likeness (QED) is 0.835. The van der Waals surface area contributed by atoms with Gasteiger partial charge in [-0.25, -0.2) is 0 Å². The number of nitrogens with zero attached hydrogens (tertiary/aromatic N) is 4. The number of aromatic nitrogens is 1. The van der Waals surface area contributed by atoms with E-state index in [1.807, 2.05) is 11.6 Å². The maximum absolute atomic E-state index is 9.18. The molecule has 2 aliphatic heterocycles. The van der Waals surface area contributed by atoms with E-state index in [2.05, 4.69) is 35.9 Å². The van der Waals surface area contributed by atoms with E-state index in [4.69, 9.17) is 0 Å². The normalized spacial score (nSPS) is 27.3. The van der Waals surface area contributed by atoms with E-state index in [0.717, 1.165) is 18.2 Å². The minimum atomic E-state index is 0.706. The number of likely N-dealkylation sites (N-methyl/N-ethyl adjacent to an activating group) is 1. The Morgan fingerprint density at radius 3 is 2.76 bits per heavy atom. The van der Waals surface area contributed by atoms with Crippen LogP contribution in [0.4, 0.5) is 0 Å². The average Bonchev–Trinajstić information content (AvgIpc) is 2.58. The van der Waals surface area contributed by atoms with Crippen LogP contribution in [0, 0.1) is 24.2 Å². The first kappa shape index (κ1) is 14.6. The van der Waals surface area contributed by atoms with Crippen LogP contribution in [0.3, 0.4) is 0 Å². The van der Waals surface area contributed by atoms with Crippen molar-refractivity contribution < 1.29 is 0 Å². The van der Waals surface area contributed by atoms with Crippen molar-refractivity contribution in [2.45, 2.75) is 38.8 Å². The highest BCUT2D eigenvalue weighted by Crippen LogP contribution is 2.27. The maximum atomic E-state index is 9.18. The van der Waals surface area contributed by atoms with E-state index in [1.165, 1.54) is 50.2 Å². The second-order valence-corrected chi connectivity index (χ2v) is 6.90. The summed E-state index contributed by atoms with van der Waals surface area (Å²) < 4.78 is 2.01. The molecule has 4 heteroatoms. The van der Waals surface area contributed by atoms with Gasteiger partial charge in [-0.3, -0.25) is 4.90 Å². The predicted molar refractivity (Wildman–Crippen MR) is 83.9 cm³/mol. The summed E-state index contributed by atoms with van der Waals surface area (Å²) in [5, 5.41) is 9.18. The smallest absolute Gasteiger partial charge is 0.120 e. The molecule has 21 heavy (non-hydrogen) atoms. The third-order valence-corrected chi connectivity index (χ3v) is 5.45. The van der Waals surface area contributed by atoms with Crippen LogP contribution in [-0.2, 0) is 13.6 Å².